The predicted octanol–water partition coefficient (Wildman–Crippen LogP) is 4.07. The lowest BCUT2D eigenvalue weighted by atomic mass is 10.0. The molecule has 0 amide bonds. The highest BCUT2D eigenvalue weighted by molar-refractivity contribution is 7.89. The summed E-state index contributed by atoms with van der Waals surface area (Å²) >= 11 is 0. The molecule has 0 saturated heterocycles. The predicted molar refractivity (Wildman–Crippen MR) is 92.5 cm³/mol. The number of benzene rings is 1. The average molecular weight is 332 g/mol. The standard InChI is InChI=1S/C18H24N2O2S/c1-2-3-4-8-13-17(16-11-6-5-7-12-16)20-23(21,22)18-14-9-10-15-19-18/h5-7,9-12,14-15,17,20H,2-4,8,13H2,1H3. The van der Waals surface area contributed by atoms with Gasteiger partial charge < -0.3 is 0 Å². The van der Waals surface area contributed by atoms with E-state index in [0.717, 1.165) is 31.2 Å². The highest BCUT2D eigenvalue weighted by Crippen LogP contribution is 2.22. The molecule has 0 radical (unpaired) electrons. The highest BCUT2D eigenvalue weighted by atomic mass is 32.2. The molecule has 23 heavy (non-hydrogen) atoms. The van der Waals surface area contributed by atoms with Crippen molar-refractivity contribution in [3.63, 3.8) is 0 Å². The quantitative estimate of drug-likeness (QED) is 0.704. The third kappa shape index (κ3) is 5.44. The Hall–Kier alpha value is -1.72. The van der Waals surface area contributed by atoms with Gasteiger partial charge in [0.15, 0.2) is 5.03 Å². The minimum Gasteiger partial charge on any atom is -0.243 e. The molecule has 0 fully saturated rings. The molecule has 124 valence electrons. The molecule has 5 heteroatoms. The fourth-order valence-electron chi connectivity index (χ4n) is 2.51. The van der Waals surface area contributed by atoms with Crippen molar-refractivity contribution >= 4 is 10.0 Å². The van der Waals surface area contributed by atoms with Crippen LogP contribution in [-0.2, 0) is 10.0 Å². The van der Waals surface area contributed by atoms with Gasteiger partial charge in [-0.15, -0.1) is 0 Å². The molecule has 2 rings (SSSR count). The van der Waals surface area contributed by atoms with Crippen LogP contribution >= 0.6 is 0 Å². The van der Waals surface area contributed by atoms with Crippen LogP contribution in [0.5, 0.6) is 0 Å². The molecule has 1 N–H and O–H groups in total. The van der Waals surface area contributed by atoms with E-state index in [1.54, 1.807) is 12.1 Å². The van der Waals surface area contributed by atoms with Crippen LogP contribution in [0.1, 0.15) is 50.6 Å². The van der Waals surface area contributed by atoms with Crippen molar-refractivity contribution in [1.82, 2.24) is 9.71 Å². The van der Waals surface area contributed by atoms with Crippen molar-refractivity contribution in [1.29, 1.82) is 0 Å². The molecule has 0 aliphatic rings. The third-order valence-electron chi connectivity index (χ3n) is 3.76. The van der Waals surface area contributed by atoms with Crippen LogP contribution < -0.4 is 4.72 Å². The molecular formula is C18H24N2O2S. The van der Waals surface area contributed by atoms with Crippen LogP contribution in [-0.4, -0.2) is 13.4 Å². The molecule has 0 bridgehead atoms. The van der Waals surface area contributed by atoms with E-state index in [4.69, 9.17) is 0 Å². The SMILES string of the molecule is CCCCCCC(NS(=O)(=O)c1ccccn1)c1ccccc1. The smallest absolute Gasteiger partial charge is 0.243 e. The summed E-state index contributed by atoms with van der Waals surface area (Å²) in [5.74, 6) is 0. The van der Waals surface area contributed by atoms with E-state index < -0.39 is 10.0 Å². The second-order valence-corrected chi connectivity index (χ2v) is 7.26. The van der Waals surface area contributed by atoms with Crippen LogP contribution in [0.15, 0.2) is 59.8 Å². The summed E-state index contributed by atoms with van der Waals surface area (Å²) in [5.41, 5.74) is 0.989. The van der Waals surface area contributed by atoms with E-state index in [0.29, 0.717) is 0 Å². The maximum absolute atomic E-state index is 12.5. The third-order valence-corrected chi connectivity index (χ3v) is 5.15. The van der Waals surface area contributed by atoms with Gasteiger partial charge in [0.05, 0.1) is 0 Å². The summed E-state index contributed by atoms with van der Waals surface area (Å²) in [6.45, 7) is 2.17. The molecule has 1 atom stereocenters. The van der Waals surface area contributed by atoms with Gasteiger partial charge in [0.2, 0.25) is 0 Å². The Morgan fingerprint density at radius 2 is 1.74 bits per heavy atom. The summed E-state index contributed by atoms with van der Waals surface area (Å²) in [7, 11) is -3.61. The van der Waals surface area contributed by atoms with Crippen molar-refractivity contribution in [3.8, 4) is 0 Å². The van der Waals surface area contributed by atoms with Crippen LogP contribution in [0.2, 0.25) is 0 Å². The van der Waals surface area contributed by atoms with Gasteiger partial charge in [0, 0.05) is 12.2 Å². The molecule has 2 aromatic rings. The summed E-state index contributed by atoms with van der Waals surface area (Å²) in [4.78, 5) is 3.96. The van der Waals surface area contributed by atoms with Gasteiger partial charge in [-0.1, -0.05) is 69.0 Å². The first-order valence-corrected chi connectivity index (χ1v) is 9.60. The average Bonchev–Trinajstić information content (AvgIpc) is 2.59. The van der Waals surface area contributed by atoms with Crippen LogP contribution in [0.3, 0.4) is 0 Å². The fraction of sp³-hybridized carbons (Fsp3) is 0.389. The first-order valence-electron chi connectivity index (χ1n) is 8.12. The van der Waals surface area contributed by atoms with Crippen LogP contribution in [0, 0.1) is 0 Å². The molecular weight excluding hydrogens is 308 g/mol. The Morgan fingerprint density at radius 3 is 2.39 bits per heavy atom. The van der Waals surface area contributed by atoms with Gasteiger partial charge in [-0.05, 0) is 24.1 Å². The first kappa shape index (κ1) is 17.6. The van der Waals surface area contributed by atoms with E-state index >= 15 is 0 Å². The van der Waals surface area contributed by atoms with Gasteiger partial charge in [-0.2, -0.15) is 0 Å². The number of aromatic nitrogens is 1. The lowest BCUT2D eigenvalue weighted by Crippen LogP contribution is -2.29. The zero-order chi connectivity index (χ0) is 16.5. The lowest BCUT2D eigenvalue weighted by Gasteiger charge is -2.19. The second-order valence-electron chi connectivity index (χ2n) is 5.60. The molecule has 1 heterocycles. The van der Waals surface area contributed by atoms with E-state index in [9.17, 15) is 8.42 Å². The van der Waals surface area contributed by atoms with Gasteiger partial charge in [-0.3, -0.25) is 0 Å². The number of hydrogen-bond acceptors (Lipinski definition) is 3. The zero-order valence-electron chi connectivity index (χ0n) is 13.5. The Labute approximate surface area is 139 Å². The van der Waals surface area contributed by atoms with Crippen molar-refractivity contribution < 1.29 is 8.42 Å². The monoisotopic (exact) mass is 332 g/mol. The minimum absolute atomic E-state index is 0.0643. The van der Waals surface area contributed by atoms with Crippen molar-refractivity contribution in [2.45, 2.75) is 50.1 Å². The summed E-state index contributed by atoms with van der Waals surface area (Å²) in [6, 6.07) is 14.4. The molecule has 0 spiro atoms. The van der Waals surface area contributed by atoms with Crippen molar-refractivity contribution in [2.75, 3.05) is 0 Å². The number of rotatable bonds is 9. The number of hydrogen-bond donors (Lipinski definition) is 1. The largest absolute Gasteiger partial charge is 0.258 e. The molecule has 0 aliphatic carbocycles. The molecule has 0 saturated carbocycles. The van der Waals surface area contributed by atoms with E-state index in [-0.39, 0.29) is 11.1 Å². The van der Waals surface area contributed by atoms with Gasteiger partial charge in [0.1, 0.15) is 0 Å². The summed E-state index contributed by atoms with van der Waals surface area (Å²) < 4.78 is 27.9. The Balaban J connectivity index is 2.14. The molecule has 4 nitrogen and oxygen atoms in total. The number of sulfonamides is 1. The Morgan fingerprint density at radius 1 is 1.00 bits per heavy atom. The minimum atomic E-state index is -3.61. The molecule has 1 aromatic heterocycles. The first-order chi connectivity index (χ1) is 11.1. The Bertz CT molecular complexity index is 673. The number of unbranched alkanes of at least 4 members (excludes halogenated alkanes) is 3. The van der Waals surface area contributed by atoms with E-state index in [1.807, 2.05) is 30.3 Å². The second kappa shape index (κ2) is 8.79. The molecule has 0 aliphatic heterocycles. The summed E-state index contributed by atoms with van der Waals surface area (Å²) in [5, 5.41) is 0.0643. The molecule has 1 unspecified atom stereocenters. The maximum Gasteiger partial charge on any atom is 0.258 e. The Kier molecular flexibility index (Phi) is 6.74. The number of nitrogens with one attached hydrogen (secondary N) is 1. The summed E-state index contributed by atoms with van der Waals surface area (Å²) in [6.07, 6.45) is 6.73. The van der Waals surface area contributed by atoms with Gasteiger partial charge in [-0.25, -0.2) is 18.1 Å². The van der Waals surface area contributed by atoms with Crippen LogP contribution in [0.25, 0.3) is 0 Å². The van der Waals surface area contributed by atoms with Gasteiger partial charge in [0.25, 0.3) is 10.0 Å². The normalized spacial score (nSPS) is 12.9. The topological polar surface area (TPSA) is 59.1 Å². The fourth-order valence-corrected chi connectivity index (χ4v) is 3.71. The van der Waals surface area contributed by atoms with Gasteiger partial charge >= 0.3 is 0 Å². The van der Waals surface area contributed by atoms with E-state index in [2.05, 4.69) is 16.6 Å². The zero-order valence-corrected chi connectivity index (χ0v) is 14.3. The number of pyridine rings is 1. The molecule has 1 aromatic carbocycles. The lowest BCUT2D eigenvalue weighted by molar-refractivity contribution is 0.511. The highest BCUT2D eigenvalue weighted by Gasteiger charge is 2.21. The number of nitrogens with zero attached hydrogens (tertiary/aromatic N) is 1. The van der Waals surface area contributed by atoms with Crippen LogP contribution in [0.4, 0.5) is 0 Å². The van der Waals surface area contributed by atoms with E-state index in [1.165, 1.54) is 18.7 Å². The van der Waals surface area contributed by atoms with Crippen molar-refractivity contribution in [2.24, 2.45) is 0 Å². The maximum atomic E-state index is 12.5. The van der Waals surface area contributed by atoms with Crippen molar-refractivity contribution in [3.05, 3.63) is 60.3 Å².